The van der Waals surface area contributed by atoms with E-state index >= 15 is 0 Å². The normalized spacial score (nSPS) is 25.2. The third-order valence-corrected chi connectivity index (χ3v) is 6.09. The summed E-state index contributed by atoms with van der Waals surface area (Å²) in [5, 5.41) is 2.30. The Kier molecular flexibility index (Phi) is 5.74. The highest BCUT2D eigenvalue weighted by Crippen LogP contribution is 2.30. The number of carbonyl (C=O) groups excluding carboxylic acids is 1. The van der Waals surface area contributed by atoms with Crippen LogP contribution in [0.4, 0.5) is 0 Å². The minimum Gasteiger partial charge on any atom is -0.460 e. The van der Waals surface area contributed by atoms with Crippen molar-refractivity contribution in [3.05, 3.63) is 48.0 Å². The molecular formula is C23H29NO3. The number of hydrogen-bond acceptors (Lipinski definition) is 4. The Morgan fingerprint density at radius 2 is 1.81 bits per heavy atom. The van der Waals surface area contributed by atoms with E-state index in [2.05, 4.69) is 29.2 Å². The Bertz CT molecular complexity index is 779. The monoisotopic (exact) mass is 367 g/mol. The van der Waals surface area contributed by atoms with Gasteiger partial charge >= 0.3 is 5.97 Å². The number of nitrogens with zero attached hydrogens (tertiary/aromatic N) is 1. The lowest BCUT2D eigenvalue weighted by atomic mass is 9.90. The molecular weight excluding hydrogens is 338 g/mol. The number of ether oxygens (including phenoxy) is 2. The van der Waals surface area contributed by atoms with Crippen molar-refractivity contribution in [3.8, 4) is 0 Å². The van der Waals surface area contributed by atoms with Gasteiger partial charge in [0, 0.05) is 19.1 Å². The molecule has 0 amide bonds. The molecule has 4 rings (SSSR count). The molecule has 2 aromatic carbocycles. The Labute approximate surface area is 161 Å². The van der Waals surface area contributed by atoms with Crippen LogP contribution in [0.3, 0.4) is 0 Å². The maximum absolute atomic E-state index is 13.0. The smallest absolute Gasteiger partial charge is 0.313 e. The van der Waals surface area contributed by atoms with Crippen molar-refractivity contribution in [1.29, 1.82) is 0 Å². The number of esters is 1. The van der Waals surface area contributed by atoms with Crippen molar-refractivity contribution in [2.75, 3.05) is 26.3 Å². The molecule has 1 aliphatic heterocycles. The minimum absolute atomic E-state index is 0.00164. The van der Waals surface area contributed by atoms with Crippen molar-refractivity contribution in [1.82, 2.24) is 4.90 Å². The van der Waals surface area contributed by atoms with Gasteiger partial charge in [-0.3, -0.25) is 9.69 Å². The lowest BCUT2D eigenvalue weighted by Gasteiger charge is -2.41. The molecule has 0 bridgehead atoms. The van der Waals surface area contributed by atoms with E-state index in [0.29, 0.717) is 6.04 Å². The molecule has 1 unspecified atom stereocenters. The highest BCUT2D eigenvalue weighted by atomic mass is 16.5. The summed E-state index contributed by atoms with van der Waals surface area (Å²) in [5.41, 5.74) is 1.05. The van der Waals surface area contributed by atoms with Crippen molar-refractivity contribution in [2.45, 2.75) is 50.7 Å². The van der Waals surface area contributed by atoms with Crippen LogP contribution >= 0.6 is 0 Å². The number of morpholine rings is 1. The predicted molar refractivity (Wildman–Crippen MR) is 107 cm³/mol. The van der Waals surface area contributed by atoms with Crippen LogP contribution in [-0.2, 0) is 14.3 Å². The Hall–Kier alpha value is -1.91. The first-order valence-electron chi connectivity index (χ1n) is 10.2. The summed E-state index contributed by atoms with van der Waals surface area (Å²) in [7, 11) is 0. The molecule has 3 atom stereocenters. The van der Waals surface area contributed by atoms with E-state index in [1.807, 2.05) is 25.1 Å². The van der Waals surface area contributed by atoms with E-state index in [0.717, 1.165) is 56.5 Å². The van der Waals surface area contributed by atoms with E-state index in [-0.39, 0.29) is 18.0 Å². The van der Waals surface area contributed by atoms with Crippen LogP contribution in [0.1, 0.15) is 44.1 Å². The maximum atomic E-state index is 13.0. The molecule has 2 aromatic rings. The van der Waals surface area contributed by atoms with Crippen molar-refractivity contribution < 1.29 is 14.3 Å². The summed E-state index contributed by atoms with van der Waals surface area (Å²) < 4.78 is 11.6. The van der Waals surface area contributed by atoms with Gasteiger partial charge < -0.3 is 9.47 Å². The Morgan fingerprint density at radius 1 is 1.07 bits per heavy atom. The second-order valence-corrected chi connectivity index (χ2v) is 7.77. The molecule has 0 N–H and O–H groups in total. The summed E-state index contributed by atoms with van der Waals surface area (Å²) in [4.78, 5) is 15.5. The fraction of sp³-hybridized carbons (Fsp3) is 0.522. The van der Waals surface area contributed by atoms with Gasteiger partial charge in [-0.1, -0.05) is 48.9 Å². The van der Waals surface area contributed by atoms with Gasteiger partial charge in [0.25, 0.3) is 0 Å². The fourth-order valence-corrected chi connectivity index (χ4v) is 4.55. The predicted octanol–water partition coefficient (Wildman–Crippen LogP) is 4.13. The number of fused-ring (bicyclic) bond motifs is 1. The van der Waals surface area contributed by atoms with Crippen LogP contribution < -0.4 is 0 Å². The number of benzene rings is 2. The van der Waals surface area contributed by atoms with Gasteiger partial charge in [0.05, 0.1) is 19.1 Å². The molecule has 0 spiro atoms. The average molecular weight is 367 g/mol. The fourth-order valence-electron chi connectivity index (χ4n) is 4.55. The third kappa shape index (κ3) is 4.02. The molecule has 0 aromatic heterocycles. The molecule has 2 fully saturated rings. The zero-order chi connectivity index (χ0) is 18.6. The van der Waals surface area contributed by atoms with E-state index < -0.39 is 0 Å². The number of hydrogen-bond donors (Lipinski definition) is 0. The third-order valence-electron chi connectivity index (χ3n) is 6.09. The summed E-state index contributed by atoms with van der Waals surface area (Å²) in [6, 6.07) is 14.7. The lowest BCUT2D eigenvalue weighted by molar-refractivity contribution is -0.157. The zero-order valence-corrected chi connectivity index (χ0v) is 16.1. The first-order valence-corrected chi connectivity index (χ1v) is 10.2. The van der Waals surface area contributed by atoms with Crippen LogP contribution in [0.5, 0.6) is 0 Å². The van der Waals surface area contributed by atoms with E-state index in [1.54, 1.807) is 0 Å². The summed E-state index contributed by atoms with van der Waals surface area (Å²) in [6.45, 7) is 5.42. The van der Waals surface area contributed by atoms with Crippen LogP contribution in [0.25, 0.3) is 10.8 Å². The average Bonchev–Trinajstić information content (AvgIpc) is 2.74. The summed E-state index contributed by atoms with van der Waals surface area (Å²) in [6.07, 6.45) is 4.44. The van der Waals surface area contributed by atoms with Crippen molar-refractivity contribution >= 4 is 16.7 Å². The topological polar surface area (TPSA) is 38.8 Å². The van der Waals surface area contributed by atoms with Gasteiger partial charge in [0.1, 0.15) is 6.10 Å². The number of carbonyl (C=O) groups is 1. The quantitative estimate of drug-likeness (QED) is 0.762. The SMILES string of the molecule is CC(C(=O)O[C@@H]1CCCC[C@H]1N1CCOCC1)c1cccc2ccccc12. The molecule has 2 aliphatic rings. The first-order chi connectivity index (χ1) is 13.2. The molecule has 1 saturated heterocycles. The van der Waals surface area contributed by atoms with Gasteiger partial charge in [0.15, 0.2) is 0 Å². The van der Waals surface area contributed by atoms with Gasteiger partial charge in [-0.25, -0.2) is 0 Å². The van der Waals surface area contributed by atoms with Gasteiger partial charge in [-0.05, 0) is 42.5 Å². The molecule has 4 nitrogen and oxygen atoms in total. The summed E-state index contributed by atoms with van der Waals surface area (Å²) >= 11 is 0. The summed E-state index contributed by atoms with van der Waals surface area (Å²) in [5.74, 6) is -0.361. The van der Waals surface area contributed by atoms with Crippen LogP contribution in [0.2, 0.25) is 0 Å². The second kappa shape index (κ2) is 8.41. The maximum Gasteiger partial charge on any atom is 0.313 e. The van der Waals surface area contributed by atoms with E-state index in [9.17, 15) is 4.79 Å². The molecule has 0 radical (unpaired) electrons. The standard InChI is InChI=1S/C23H29NO3/c1-17(19-10-6-8-18-7-2-3-9-20(18)19)23(25)27-22-12-5-4-11-21(22)24-13-15-26-16-14-24/h2-3,6-10,17,21-22H,4-5,11-16H2,1H3/t17?,21-,22-/m1/s1. The highest BCUT2D eigenvalue weighted by Gasteiger charge is 2.34. The molecule has 1 aliphatic carbocycles. The zero-order valence-electron chi connectivity index (χ0n) is 16.1. The van der Waals surface area contributed by atoms with Crippen LogP contribution in [-0.4, -0.2) is 49.3 Å². The highest BCUT2D eigenvalue weighted by molar-refractivity contribution is 5.91. The minimum atomic E-state index is -0.261. The van der Waals surface area contributed by atoms with Crippen molar-refractivity contribution in [3.63, 3.8) is 0 Å². The largest absolute Gasteiger partial charge is 0.460 e. The first kappa shape index (κ1) is 18.5. The molecule has 27 heavy (non-hydrogen) atoms. The Balaban J connectivity index is 1.49. The van der Waals surface area contributed by atoms with Crippen molar-refractivity contribution in [2.24, 2.45) is 0 Å². The Morgan fingerprint density at radius 3 is 2.67 bits per heavy atom. The number of rotatable bonds is 4. The molecule has 144 valence electrons. The van der Waals surface area contributed by atoms with E-state index in [4.69, 9.17) is 9.47 Å². The molecule has 4 heteroatoms. The van der Waals surface area contributed by atoms with E-state index in [1.165, 1.54) is 11.8 Å². The second-order valence-electron chi connectivity index (χ2n) is 7.77. The van der Waals surface area contributed by atoms with Gasteiger partial charge in [-0.2, -0.15) is 0 Å². The lowest BCUT2D eigenvalue weighted by Crippen LogP contribution is -2.51. The molecule has 1 saturated carbocycles. The van der Waals surface area contributed by atoms with Crippen LogP contribution in [0, 0.1) is 0 Å². The van der Waals surface area contributed by atoms with Gasteiger partial charge in [-0.15, -0.1) is 0 Å². The van der Waals surface area contributed by atoms with Gasteiger partial charge in [0.2, 0.25) is 0 Å². The van der Waals surface area contributed by atoms with Crippen LogP contribution in [0.15, 0.2) is 42.5 Å². The molecule has 1 heterocycles.